The molecule has 0 bridgehead atoms. The highest BCUT2D eigenvalue weighted by molar-refractivity contribution is 7.47. The molecule has 2 unspecified atom stereocenters. The maximum Gasteiger partial charge on any atom is 0.472 e. The number of hydrogen-bond acceptors (Lipinski definition) is 8. The normalized spacial score (nSPS) is 13.1. The molecule has 0 saturated heterocycles. The maximum atomic E-state index is 12.7. The fourth-order valence-corrected chi connectivity index (χ4v) is 9.40. The first-order valence-electron chi connectivity index (χ1n) is 28.7. The van der Waals surface area contributed by atoms with E-state index in [4.69, 9.17) is 24.3 Å². The number of esters is 2. The summed E-state index contributed by atoms with van der Waals surface area (Å²) < 4.78 is 33.0. The molecule has 2 atom stereocenters. The van der Waals surface area contributed by atoms with Crippen LogP contribution in [-0.4, -0.2) is 49.3 Å². The van der Waals surface area contributed by atoms with Gasteiger partial charge in [0.2, 0.25) is 0 Å². The van der Waals surface area contributed by atoms with Crippen LogP contribution in [0, 0.1) is 0 Å². The molecule has 0 aliphatic rings. The highest BCUT2D eigenvalue weighted by atomic mass is 31.2. The molecule has 9 nitrogen and oxygen atoms in total. The molecule has 0 aromatic rings. The van der Waals surface area contributed by atoms with E-state index in [-0.39, 0.29) is 38.6 Å². The topological polar surface area (TPSA) is 134 Å². The van der Waals surface area contributed by atoms with Crippen LogP contribution in [-0.2, 0) is 32.7 Å². The van der Waals surface area contributed by atoms with Crippen LogP contribution in [0.2, 0.25) is 0 Å². The summed E-state index contributed by atoms with van der Waals surface area (Å²) in [4.78, 5) is 35.2. The molecule has 0 radical (unpaired) electrons. The number of rotatable bonds is 55. The van der Waals surface area contributed by atoms with Gasteiger partial charge >= 0.3 is 19.8 Å². The van der Waals surface area contributed by atoms with Gasteiger partial charge in [0, 0.05) is 19.4 Å². The van der Waals surface area contributed by atoms with E-state index >= 15 is 0 Å². The molecular weight excluding hydrogens is 846 g/mol. The Morgan fingerprint density at radius 2 is 0.742 bits per heavy atom. The molecule has 0 fully saturated rings. The summed E-state index contributed by atoms with van der Waals surface area (Å²) in [5, 5.41) is 0. The summed E-state index contributed by atoms with van der Waals surface area (Å²) in [6, 6.07) is 0. The molecule has 0 heterocycles. The summed E-state index contributed by atoms with van der Waals surface area (Å²) >= 11 is 0. The standard InChI is InChI=1S/C56H110NO8P/c1-3-5-7-9-11-13-15-17-19-21-23-25-26-27-29-30-32-34-36-38-40-42-44-46-48-55(58)62-52-54(53-64-66(60,61)63-51-50-57)65-56(59)49-47-45-43-41-39-37-35-33-31-28-24-22-20-18-16-14-12-10-8-6-4-2/h22,24,54H,3-21,23,25-53,57H2,1-2H3,(H,60,61)/b24-22-. The van der Waals surface area contributed by atoms with E-state index in [9.17, 15) is 19.0 Å². The summed E-state index contributed by atoms with van der Waals surface area (Å²) in [6.07, 6.45) is 59.8. The third-order valence-electron chi connectivity index (χ3n) is 12.9. The Kier molecular flexibility index (Phi) is 52.1. The Bertz CT molecular complexity index is 1090. The third kappa shape index (κ3) is 52.1. The Hall–Kier alpha value is -1.25. The fraction of sp³-hybridized carbons (Fsp3) is 0.929. The van der Waals surface area contributed by atoms with Gasteiger partial charge in [-0.05, 0) is 38.5 Å². The zero-order valence-corrected chi connectivity index (χ0v) is 44.6. The first kappa shape index (κ1) is 64.8. The van der Waals surface area contributed by atoms with Crippen molar-refractivity contribution in [3.63, 3.8) is 0 Å². The minimum atomic E-state index is -4.38. The van der Waals surface area contributed by atoms with E-state index in [1.807, 2.05) is 0 Å². The molecule has 0 spiro atoms. The molecule has 0 rings (SSSR count). The Balaban J connectivity index is 3.93. The quantitative estimate of drug-likeness (QED) is 0.0264. The van der Waals surface area contributed by atoms with Gasteiger partial charge in [0.25, 0.3) is 0 Å². The minimum absolute atomic E-state index is 0.0564. The van der Waals surface area contributed by atoms with Gasteiger partial charge in [-0.25, -0.2) is 4.57 Å². The molecule has 0 aromatic heterocycles. The molecule has 10 heteroatoms. The van der Waals surface area contributed by atoms with Crippen LogP contribution >= 0.6 is 7.82 Å². The molecule has 66 heavy (non-hydrogen) atoms. The maximum absolute atomic E-state index is 12.7. The lowest BCUT2D eigenvalue weighted by Crippen LogP contribution is -2.29. The first-order valence-corrected chi connectivity index (χ1v) is 30.2. The van der Waals surface area contributed by atoms with Crippen molar-refractivity contribution in [2.75, 3.05) is 26.4 Å². The second kappa shape index (κ2) is 53.1. The Morgan fingerprint density at radius 1 is 0.439 bits per heavy atom. The van der Waals surface area contributed by atoms with Crippen molar-refractivity contribution in [3.05, 3.63) is 12.2 Å². The van der Waals surface area contributed by atoms with Gasteiger partial charge in [-0.15, -0.1) is 0 Å². The van der Waals surface area contributed by atoms with E-state index < -0.39 is 26.5 Å². The molecule has 0 aliphatic carbocycles. The molecule has 0 saturated carbocycles. The zero-order chi connectivity index (χ0) is 48.1. The predicted octanol–water partition coefficient (Wildman–Crippen LogP) is 17.7. The van der Waals surface area contributed by atoms with Crippen LogP contribution in [0.4, 0.5) is 0 Å². The van der Waals surface area contributed by atoms with Gasteiger partial charge in [-0.1, -0.05) is 264 Å². The number of phosphoric ester groups is 1. The predicted molar refractivity (Wildman–Crippen MR) is 280 cm³/mol. The lowest BCUT2D eigenvalue weighted by Gasteiger charge is -2.19. The number of nitrogens with two attached hydrogens (primary N) is 1. The lowest BCUT2D eigenvalue weighted by atomic mass is 10.0. The number of carbonyl (C=O) groups excluding carboxylic acids is 2. The largest absolute Gasteiger partial charge is 0.472 e. The van der Waals surface area contributed by atoms with Crippen molar-refractivity contribution in [2.45, 2.75) is 309 Å². The van der Waals surface area contributed by atoms with Crippen LogP contribution in [0.1, 0.15) is 303 Å². The number of unbranched alkanes of at least 4 members (excludes halogenated alkanes) is 40. The Labute approximate surface area is 409 Å². The summed E-state index contributed by atoms with van der Waals surface area (Å²) in [5.74, 6) is -0.810. The smallest absolute Gasteiger partial charge is 0.462 e. The van der Waals surface area contributed by atoms with Gasteiger partial charge in [0.15, 0.2) is 6.10 Å². The van der Waals surface area contributed by atoms with Gasteiger partial charge in [-0.2, -0.15) is 0 Å². The van der Waals surface area contributed by atoms with Crippen LogP contribution in [0.3, 0.4) is 0 Å². The second-order valence-electron chi connectivity index (χ2n) is 19.5. The number of carbonyl (C=O) groups is 2. The zero-order valence-electron chi connectivity index (χ0n) is 43.7. The van der Waals surface area contributed by atoms with Gasteiger partial charge in [-0.3, -0.25) is 18.6 Å². The van der Waals surface area contributed by atoms with Gasteiger partial charge < -0.3 is 20.1 Å². The fourth-order valence-electron chi connectivity index (χ4n) is 8.63. The van der Waals surface area contributed by atoms with Crippen molar-refractivity contribution in [3.8, 4) is 0 Å². The van der Waals surface area contributed by atoms with Crippen molar-refractivity contribution in [1.82, 2.24) is 0 Å². The van der Waals surface area contributed by atoms with E-state index in [1.54, 1.807) is 0 Å². The van der Waals surface area contributed by atoms with Gasteiger partial charge in [0.1, 0.15) is 6.61 Å². The highest BCUT2D eigenvalue weighted by Crippen LogP contribution is 2.43. The van der Waals surface area contributed by atoms with E-state index in [1.165, 1.54) is 231 Å². The molecule has 392 valence electrons. The van der Waals surface area contributed by atoms with Crippen LogP contribution in [0.25, 0.3) is 0 Å². The third-order valence-corrected chi connectivity index (χ3v) is 13.9. The number of ether oxygens (including phenoxy) is 2. The minimum Gasteiger partial charge on any atom is -0.462 e. The van der Waals surface area contributed by atoms with E-state index in [0.717, 1.165) is 38.5 Å². The van der Waals surface area contributed by atoms with E-state index in [2.05, 4.69) is 26.0 Å². The SMILES string of the molecule is CCCCCCCCCC/C=C\CCCCCCCCCCCC(=O)OC(COC(=O)CCCCCCCCCCCCCCCCCCCCCCCCCC)COP(=O)(O)OCCN. The van der Waals surface area contributed by atoms with Crippen LogP contribution in [0.5, 0.6) is 0 Å². The van der Waals surface area contributed by atoms with Crippen molar-refractivity contribution < 1.29 is 37.6 Å². The van der Waals surface area contributed by atoms with Crippen molar-refractivity contribution in [2.24, 2.45) is 5.73 Å². The molecular formula is C56H110NO8P. The van der Waals surface area contributed by atoms with Gasteiger partial charge in [0.05, 0.1) is 13.2 Å². The highest BCUT2D eigenvalue weighted by Gasteiger charge is 2.26. The number of hydrogen-bond donors (Lipinski definition) is 2. The number of phosphoric acid groups is 1. The summed E-state index contributed by atoms with van der Waals surface area (Å²) in [6.45, 7) is 3.80. The number of allylic oxidation sites excluding steroid dienone is 2. The van der Waals surface area contributed by atoms with Crippen LogP contribution < -0.4 is 5.73 Å². The molecule has 0 amide bonds. The van der Waals surface area contributed by atoms with Crippen molar-refractivity contribution in [1.29, 1.82) is 0 Å². The van der Waals surface area contributed by atoms with Crippen LogP contribution in [0.15, 0.2) is 12.2 Å². The first-order chi connectivity index (χ1) is 32.3. The molecule has 0 aliphatic heterocycles. The Morgan fingerprint density at radius 3 is 1.08 bits per heavy atom. The van der Waals surface area contributed by atoms with E-state index in [0.29, 0.717) is 6.42 Å². The summed E-state index contributed by atoms with van der Waals surface area (Å²) in [7, 11) is -4.38. The second-order valence-corrected chi connectivity index (χ2v) is 21.0. The van der Waals surface area contributed by atoms with Crippen molar-refractivity contribution >= 4 is 19.8 Å². The molecule has 3 N–H and O–H groups in total. The molecule has 0 aromatic carbocycles. The average molecular weight is 956 g/mol. The summed E-state index contributed by atoms with van der Waals surface area (Å²) in [5.41, 5.74) is 5.38. The lowest BCUT2D eigenvalue weighted by molar-refractivity contribution is -0.161. The monoisotopic (exact) mass is 956 g/mol. The average Bonchev–Trinajstić information content (AvgIpc) is 3.31.